The van der Waals surface area contributed by atoms with Crippen molar-refractivity contribution >= 4 is 10.8 Å². The zero-order valence-electron chi connectivity index (χ0n) is 11.8. The molecule has 0 radical (unpaired) electrons. The van der Waals surface area contributed by atoms with E-state index in [2.05, 4.69) is 18.2 Å². The van der Waals surface area contributed by atoms with Gasteiger partial charge in [0.05, 0.1) is 12.2 Å². The van der Waals surface area contributed by atoms with E-state index in [1.807, 2.05) is 18.2 Å². The molecule has 1 aliphatic carbocycles. The number of fused-ring (bicyclic) bond motifs is 1. The number of aliphatic hydroxyl groups is 2. The Kier molecular flexibility index (Phi) is 3.77. The number of benzene rings is 2. The van der Waals surface area contributed by atoms with Gasteiger partial charge in [-0.1, -0.05) is 55.7 Å². The van der Waals surface area contributed by atoms with Crippen molar-refractivity contribution in [3.8, 4) is 0 Å². The number of aliphatic hydroxyl groups excluding tert-OH is 1. The SMILES string of the molecule is OCc1cccc2cccc(CC3(O)CCCCC3)c12. The van der Waals surface area contributed by atoms with Crippen LogP contribution in [0.2, 0.25) is 0 Å². The Hall–Kier alpha value is -1.38. The number of rotatable bonds is 3. The fourth-order valence-corrected chi connectivity index (χ4v) is 3.52. The van der Waals surface area contributed by atoms with E-state index in [9.17, 15) is 10.2 Å². The Bertz CT molecular complexity index is 592. The highest BCUT2D eigenvalue weighted by atomic mass is 16.3. The largest absolute Gasteiger partial charge is 0.392 e. The highest BCUT2D eigenvalue weighted by molar-refractivity contribution is 5.89. The van der Waals surface area contributed by atoms with Crippen LogP contribution in [0.25, 0.3) is 10.8 Å². The molecular weight excluding hydrogens is 248 g/mol. The van der Waals surface area contributed by atoms with Gasteiger partial charge in [0.2, 0.25) is 0 Å². The van der Waals surface area contributed by atoms with Crippen LogP contribution in [-0.4, -0.2) is 15.8 Å². The van der Waals surface area contributed by atoms with Gasteiger partial charge in [-0.3, -0.25) is 0 Å². The Balaban J connectivity index is 2.02. The zero-order valence-corrected chi connectivity index (χ0v) is 11.8. The maximum Gasteiger partial charge on any atom is 0.0688 e. The van der Waals surface area contributed by atoms with Crippen LogP contribution in [-0.2, 0) is 13.0 Å². The second-order valence-corrected chi connectivity index (χ2v) is 6.05. The van der Waals surface area contributed by atoms with Crippen LogP contribution in [0, 0.1) is 0 Å². The van der Waals surface area contributed by atoms with Crippen LogP contribution in [0.4, 0.5) is 0 Å². The van der Waals surface area contributed by atoms with Crippen LogP contribution >= 0.6 is 0 Å². The molecule has 3 rings (SSSR count). The van der Waals surface area contributed by atoms with Crippen LogP contribution < -0.4 is 0 Å². The lowest BCUT2D eigenvalue weighted by Crippen LogP contribution is -2.33. The highest BCUT2D eigenvalue weighted by Gasteiger charge is 2.29. The summed E-state index contributed by atoms with van der Waals surface area (Å²) in [5, 5.41) is 22.6. The molecule has 0 amide bonds. The van der Waals surface area contributed by atoms with Crippen molar-refractivity contribution in [2.24, 2.45) is 0 Å². The van der Waals surface area contributed by atoms with Gasteiger partial charge in [0.1, 0.15) is 0 Å². The maximum absolute atomic E-state index is 10.8. The minimum Gasteiger partial charge on any atom is -0.392 e. The van der Waals surface area contributed by atoms with Gasteiger partial charge in [-0.25, -0.2) is 0 Å². The van der Waals surface area contributed by atoms with Gasteiger partial charge in [0.25, 0.3) is 0 Å². The summed E-state index contributed by atoms with van der Waals surface area (Å²) in [6.45, 7) is 0.0484. The van der Waals surface area contributed by atoms with Gasteiger partial charge >= 0.3 is 0 Å². The summed E-state index contributed by atoms with van der Waals surface area (Å²) in [6.07, 6.45) is 5.96. The average molecular weight is 270 g/mol. The van der Waals surface area contributed by atoms with Gasteiger partial charge in [-0.2, -0.15) is 0 Å². The van der Waals surface area contributed by atoms with Crippen molar-refractivity contribution < 1.29 is 10.2 Å². The van der Waals surface area contributed by atoms with E-state index in [-0.39, 0.29) is 6.61 Å². The third kappa shape index (κ3) is 2.58. The third-order valence-electron chi connectivity index (χ3n) is 4.55. The summed E-state index contributed by atoms with van der Waals surface area (Å²) in [5.41, 5.74) is 1.56. The average Bonchev–Trinajstić information content (AvgIpc) is 2.47. The van der Waals surface area contributed by atoms with Gasteiger partial charge in [0, 0.05) is 6.42 Å². The van der Waals surface area contributed by atoms with Gasteiger partial charge in [-0.05, 0) is 34.7 Å². The molecule has 2 aromatic rings. The minimum atomic E-state index is -0.560. The predicted molar refractivity (Wildman–Crippen MR) is 81.6 cm³/mol. The molecular formula is C18H22O2. The molecule has 106 valence electrons. The summed E-state index contributed by atoms with van der Waals surface area (Å²) in [7, 11) is 0. The molecule has 0 atom stereocenters. The second-order valence-electron chi connectivity index (χ2n) is 6.05. The number of hydrogen-bond acceptors (Lipinski definition) is 2. The van der Waals surface area contributed by atoms with E-state index in [1.165, 1.54) is 6.42 Å². The molecule has 0 spiro atoms. The normalized spacial score (nSPS) is 18.3. The lowest BCUT2D eigenvalue weighted by molar-refractivity contribution is 0.00475. The van der Waals surface area contributed by atoms with E-state index < -0.39 is 5.60 Å². The molecule has 2 heteroatoms. The summed E-state index contributed by atoms with van der Waals surface area (Å²) < 4.78 is 0. The molecule has 0 aliphatic heterocycles. The van der Waals surface area contributed by atoms with E-state index in [1.54, 1.807) is 0 Å². The Morgan fingerprint density at radius 2 is 1.55 bits per heavy atom. The first kappa shape index (κ1) is 13.6. The summed E-state index contributed by atoms with van der Waals surface area (Å²) in [6, 6.07) is 12.2. The van der Waals surface area contributed by atoms with Gasteiger partial charge < -0.3 is 10.2 Å². The third-order valence-corrected chi connectivity index (χ3v) is 4.55. The first-order valence-corrected chi connectivity index (χ1v) is 7.55. The van der Waals surface area contributed by atoms with E-state index >= 15 is 0 Å². The maximum atomic E-state index is 10.8. The molecule has 2 nitrogen and oxygen atoms in total. The van der Waals surface area contributed by atoms with Crippen molar-refractivity contribution in [3.05, 3.63) is 47.5 Å². The topological polar surface area (TPSA) is 40.5 Å². The van der Waals surface area contributed by atoms with Crippen molar-refractivity contribution in [2.45, 2.75) is 50.7 Å². The molecule has 2 N–H and O–H groups in total. The fourth-order valence-electron chi connectivity index (χ4n) is 3.52. The van der Waals surface area contributed by atoms with Crippen LogP contribution in [0.15, 0.2) is 36.4 Å². The molecule has 0 heterocycles. The quantitative estimate of drug-likeness (QED) is 0.895. The van der Waals surface area contributed by atoms with E-state index in [0.717, 1.165) is 47.6 Å². The molecule has 1 saturated carbocycles. The minimum absolute atomic E-state index is 0.0484. The van der Waals surface area contributed by atoms with Crippen molar-refractivity contribution in [3.63, 3.8) is 0 Å². The molecule has 20 heavy (non-hydrogen) atoms. The number of hydrogen-bond donors (Lipinski definition) is 2. The van der Waals surface area contributed by atoms with Crippen LogP contribution in [0.3, 0.4) is 0 Å². The van der Waals surface area contributed by atoms with Crippen molar-refractivity contribution in [1.29, 1.82) is 0 Å². The summed E-state index contributed by atoms with van der Waals surface area (Å²) >= 11 is 0. The smallest absolute Gasteiger partial charge is 0.0688 e. The lowest BCUT2D eigenvalue weighted by Gasteiger charge is -2.32. The zero-order chi connectivity index (χ0) is 14.0. The summed E-state index contributed by atoms with van der Waals surface area (Å²) in [5.74, 6) is 0. The predicted octanol–water partition coefficient (Wildman–Crippen LogP) is 3.57. The van der Waals surface area contributed by atoms with E-state index in [0.29, 0.717) is 6.42 Å². The Labute approximate surface area is 120 Å². The standard InChI is InChI=1S/C18H22O2/c19-13-16-9-5-7-14-6-4-8-15(17(14)16)12-18(20)10-2-1-3-11-18/h4-9,19-20H,1-3,10-13H2. The monoisotopic (exact) mass is 270 g/mol. The van der Waals surface area contributed by atoms with Crippen LogP contribution in [0.1, 0.15) is 43.2 Å². The molecule has 0 saturated heterocycles. The Morgan fingerprint density at radius 3 is 2.20 bits per heavy atom. The Morgan fingerprint density at radius 1 is 0.900 bits per heavy atom. The van der Waals surface area contributed by atoms with Crippen LogP contribution in [0.5, 0.6) is 0 Å². The first-order chi connectivity index (χ1) is 9.72. The highest BCUT2D eigenvalue weighted by Crippen LogP contribution is 2.34. The molecule has 1 aliphatic rings. The first-order valence-electron chi connectivity index (χ1n) is 7.55. The molecule has 2 aromatic carbocycles. The molecule has 0 bridgehead atoms. The summed E-state index contributed by atoms with van der Waals surface area (Å²) in [4.78, 5) is 0. The fraction of sp³-hybridized carbons (Fsp3) is 0.444. The molecule has 0 aromatic heterocycles. The lowest BCUT2D eigenvalue weighted by atomic mass is 9.79. The second kappa shape index (κ2) is 5.55. The molecule has 1 fully saturated rings. The van der Waals surface area contributed by atoms with Gasteiger partial charge in [-0.15, -0.1) is 0 Å². The van der Waals surface area contributed by atoms with E-state index in [4.69, 9.17) is 0 Å². The van der Waals surface area contributed by atoms with Crippen molar-refractivity contribution in [2.75, 3.05) is 0 Å². The van der Waals surface area contributed by atoms with Gasteiger partial charge in [0.15, 0.2) is 0 Å². The van der Waals surface area contributed by atoms with Crippen molar-refractivity contribution in [1.82, 2.24) is 0 Å². The molecule has 0 unspecified atom stereocenters.